The second-order valence-electron chi connectivity index (χ2n) is 5.05. The van der Waals surface area contributed by atoms with Crippen LogP contribution in [0.2, 0.25) is 0 Å². The Balaban J connectivity index is 1.79. The van der Waals surface area contributed by atoms with Gasteiger partial charge < -0.3 is 14.7 Å². The molecule has 2 heterocycles. The monoisotopic (exact) mass is 293 g/mol. The van der Waals surface area contributed by atoms with Gasteiger partial charge in [0.2, 0.25) is 0 Å². The lowest BCUT2D eigenvalue weighted by Crippen LogP contribution is -2.41. The van der Waals surface area contributed by atoms with Crippen LogP contribution in [-0.4, -0.2) is 57.7 Å². The molecular weight excluding hydrogens is 274 g/mol. The lowest BCUT2D eigenvalue weighted by Gasteiger charge is -2.31. The number of hydrogen-bond donors (Lipinski definition) is 1. The molecule has 1 fully saturated rings. The Kier molecular flexibility index (Phi) is 5.21. The largest absolute Gasteiger partial charge is 0.481 e. The summed E-state index contributed by atoms with van der Waals surface area (Å²) in [5.41, 5.74) is 1.13. The average Bonchev–Trinajstić information content (AvgIpc) is 2.48. The van der Waals surface area contributed by atoms with Crippen molar-refractivity contribution in [2.24, 2.45) is 0 Å². The summed E-state index contributed by atoms with van der Waals surface area (Å²) in [4.78, 5) is 32.5. The van der Waals surface area contributed by atoms with Gasteiger partial charge in [-0.25, -0.2) is 4.98 Å². The lowest BCUT2D eigenvalue weighted by atomic mass is 10.1. The highest BCUT2D eigenvalue weighted by atomic mass is 16.5. The number of aryl methyl sites for hydroxylation is 1. The Morgan fingerprint density at radius 3 is 2.62 bits per heavy atom. The Hall–Kier alpha value is -2.02. The van der Waals surface area contributed by atoms with E-state index in [2.05, 4.69) is 9.97 Å². The van der Waals surface area contributed by atoms with Crippen molar-refractivity contribution in [1.29, 1.82) is 0 Å². The minimum absolute atomic E-state index is 0.0120. The van der Waals surface area contributed by atoms with Crippen LogP contribution in [-0.2, 0) is 9.53 Å². The summed E-state index contributed by atoms with van der Waals surface area (Å²) in [6.07, 6.45) is 4.53. The Bertz CT molecular complexity index is 495. The third-order valence-corrected chi connectivity index (χ3v) is 3.40. The number of likely N-dealkylation sites (tertiary alicyclic amines) is 1. The molecule has 1 aliphatic heterocycles. The number of carboxylic acids is 1. The SMILES string of the molecule is Cc1cnc(C(=O)N2CCC(OCCC(=O)O)CC2)cn1. The van der Waals surface area contributed by atoms with Crippen LogP contribution in [0.5, 0.6) is 0 Å². The quantitative estimate of drug-likeness (QED) is 0.866. The van der Waals surface area contributed by atoms with Crippen LogP contribution in [0.3, 0.4) is 0 Å². The molecule has 0 aliphatic carbocycles. The standard InChI is InChI=1S/C14H19N3O4/c1-10-8-16-12(9-15-10)14(20)17-5-2-11(3-6-17)21-7-4-13(18)19/h8-9,11H,2-7H2,1H3,(H,18,19). The molecule has 0 spiro atoms. The van der Waals surface area contributed by atoms with E-state index in [4.69, 9.17) is 9.84 Å². The predicted molar refractivity (Wildman–Crippen MR) is 73.9 cm³/mol. The van der Waals surface area contributed by atoms with Crippen LogP contribution in [0.1, 0.15) is 35.4 Å². The van der Waals surface area contributed by atoms with Crippen LogP contribution in [0.4, 0.5) is 0 Å². The third-order valence-electron chi connectivity index (χ3n) is 3.40. The zero-order valence-corrected chi connectivity index (χ0v) is 12.0. The molecule has 0 saturated carbocycles. The molecule has 7 heteroatoms. The van der Waals surface area contributed by atoms with Crippen LogP contribution < -0.4 is 0 Å². The first-order valence-electron chi connectivity index (χ1n) is 6.97. The van der Waals surface area contributed by atoms with Crippen LogP contribution in [0.15, 0.2) is 12.4 Å². The maximum Gasteiger partial charge on any atom is 0.305 e. The molecule has 0 unspecified atom stereocenters. The van der Waals surface area contributed by atoms with Crippen LogP contribution in [0.25, 0.3) is 0 Å². The van der Waals surface area contributed by atoms with Crippen molar-refractivity contribution in [3.05, 3.63) is 23.8 Å². The number of rotatable bonds is 5. The van der Waals surface area contributed by atoms with Crippen molar-refractivity contribution < 1.29 is 19.4 Å². The summed E-state index contributed by atoms with van der Waals surface area (Å²) in [6.45, 7) is 3.22. The van der Waals surface area contributed by atoms with Gasteiger partial charge in [0.05, 0.1) is 31.0 Å². The summed E-state index contributed by atoms with van der Waals surface area (Å²) in [6, 6.07) is 0. The molecule has 0 radical (unpaired) electrons. The first-order valence-corrected chi connectivity index (χ1v) is 6.97. The molecule has 1 saturated heterocycles. The fourth-order valence-corrected chi connectivity index (χ4v) is 2.20. The molecule has 1 aliphatic rings. The second-order valence-corrected chi connectivity index (χ2v) is 5.05. The van der Waals surface area contributed by atoms with Gasteiger partial charge in [-0.15, -0.1) is 0 Å². The molecular formula is C14H19N3O4. The molecule has 114 valence electrons. The maximum absolute atomic E-state index is 12.2. The molecule has 0 bridgehead atoms. The minimum Gasteiger partial charge on any atom is -0.481 e. The minimum atomic E-state index is -0.861. The first kappa shape index (κ1) is 15.4. The maximum atomic E-state index is 12.2. The molecule has 1 aromatic rings. The zero-order valence-electron chi connectivity index (χ0n) is 12.0. The molecule has 1 aromatic heterocycles. The number of amides is 1. The third kappa shape index (κ3) is 4.49. The van der Waals surface area contributed by atoms with Gasteiger partial charge in [-0.3, -0.25) is 14.6 Å². The highest BCUT2D eigenvalue weighted by Gasteiger charge is 2.24. The smallest absolute Gasteiger partial charge is 0.305 e. The van der Waals surface area contributed by atoms with E-state index in [0.717, 1.165) is 5.69 Å². The van der Waals surface area contributed by atoms with E-state index < -0.39 is 5.97 Å². The van der Waals surface area contributed by atoms with E-state index in [-0.39, 0.29) is 25.0 Å². The summed E-state index contributed by atoms with van der Waals surface area (Å²) in [5, 5.41) is 8.56. The van der Waals surface area contributed by atoms with E-state index in [9.17, 15) is 9.59 Å². The normalized spacial score (nSPS) is 16.0. The number of carbonyl (C=O) groups is 2. The van der Waals surface area contributed by atoms with Crippen molar-refractivity contribution in [2.45, 2.75) is 32.3 Å². The highest BCUT2D eigenvalue weighted by Crippen LogP contribution is 2.15. The van der Waals surface area contributed by atoms with Gasteiger partial charge in [0.15, 0.2) is 0 Å². The van der Waals surface area contributed by atoms with Gasteiger partial charge in [0.1, 0.15) is 5.69 Å². The number of aromatic nitrogens is 2. The van der Waals surface area contributed by atoms with Crippen molar-refractivity contribution in [1.82, 2.24) is 14.9 Å². The Labute approximate surface area is 123 Å². The van der Waals surface area contributed by atoms with Gasteiger partial charge in [-0.1, -0.05) is 0 Å². The van der Waals surface area contributed by atoms with E-state index in [0.29, 0.717) is 31.6 Å². The van der Waals surface area contributed by atoms with E-state index >= 15 is 0 Å². The number of aliphatic carboxylic acids is 1. The second kappa shape index (κ2) is 7.12. The number of nitrogens with zero attached hydrogens (tertiary/aromatic N) is 3. The number of carboxylic acid groups (broad SMARTS) is 1. The van der Waals surface area contributed by atoms with Crippen molar-refractivity contribution in [2.75, 3.05) is 19.7 Å². The number of ether oxygens (including phenoxy) is 1. The van der Waals surface area contributed by atoms with E-state index in [1.54, 1.807) is 11.1 Å². The molecule has 1 amide bonds. The summed E-state index contributed by atoms with van der Waals surface area (Å²) in [5.74, 6) is -0.980. The Morgan fingerprint density at radius 1 is 1.33 bits per heavy atom. The molecule has 2 rings (SSSR count). The van der Waals surface area contributed by atoms with E-state index in [1.807, 2.05) is 6.92 Å². The fraction of sp³-hybridized carbons (Fsp3) is 0.571. The zero-order chi connectivity index (χ0) is 15.2. The average molecular weight is 293 g/mol. The summed E-state index contributed by atoms with van der Waals surface area (Å²) >= 11 is 0. The van der Waals surface area contributed by atoms with E-state index in [1.165, 1.54) is 6.20 Å². The van der Waals surface area contributed by atoms with Crippen molar-refractivity contribution >= 4 is 11.9 Å². The highest BCUT2D eigenvalue weighted by molar-refractivity contribution is 5.92. The van der Waals surface area contributed by atoms with Gasteiger partial charge in [-0.05, 0) is 19.8 Å². The van der Waals surface area contributed by atoms with Crippen LogP contribution in [0, 0.1) is 6.92 Å². The first-order chi connectivity index (χ1) is 10.1. The Morgan fingerprint density at radius 2 is 2.05 bits per heavy atom. The molecule has 21 heavy (non-hydrogen) atoms. The fourth-order valence-electron chi connectivity index (χ4n) is 2.20. The van der Waals surface area contributed by atoms with Gasteiger partial charge in [-0.2, -0.15) is 0 Å². The summed E-state index contributed by atoms with van der Waals surface area (Å²) < 4.78 is 5.50. The number of carbonyl (C=O) groups excluding carboxylic acids is 1. The van der Waals surface area contributed by atoms with Crippen molar-refractivity contribution in [3.8, 4) is 0 Å². The molecule has 0 aromatic carbocycles. The lowest BCUT2D eigenvalue weighted by molar-refractivity contribution is -0.138. The van der Waals surface area contributed by atoms with Gasteiger partial charge >= 0.3 is 5.97 Å². The van der Waals surface area contributed by atoms with Gasteiger partial charge in [0.25, 0.3) is 5.91 Å². The topological polar surface area (TPSA) is 92.6 Å². The van der Waals surface area contributed by atoms with Crippen LogP contribution >= 0.6 is 0 Å². The number of piperidine rings is 1. The molecule has 7 nitrogen and oxygen atoms in total. The number of hydrogen-bond acceptors (Lipinski definition) is 5. The summed E-state index contributed by atoms with van der Waals surface area (Å²) in [7, 11) is 0. The molecule has 1 N–H and O–H groups in total. The van der Waals surface area contributed by atoms with Crippen molar-refractivity contribution in [3.63, 3.8) is 0 Å². The molecule has 0 atom stereocenters. The van der Waals surface area contributed by atoms with Gasteiger partial charge in [0, 0.05) is 19.3 Å². The predicted octanol–water partition coefficient (Wildman–Crippen LogP) is 0.881.